The van der Waals surface area contributed by atoms with Crippen molar-refractivity contribution in [3.05, 3.63) is 35.4 Å². The lowest BCUT2D eigenvalue weighted by Crippen LogP contribution is -2.51. The minimum Gasteiger partial charge on any atom is -0.315 e. The van der Waals surface area contributed by atoms with Crippen LogP contribution in [-0.4, -0.2) is 20.1 Å². The van der Waals surface area contributed by atoms with Gasteiger partial charge in [0.2, 0.25) is 0 Å². The van der Waals surface area contributed by atoms with E-state index in [4.69, 9.17) is 0 Å². The van der Waals surface area contributed by atoms with Gasteiger partial charge in [-0.15, -0.1) is 0 Å². The number of piperidine rings is 1. The number of hydrogen-bond donors (Lipinski definition) is 2. The second-order valence-corrected chi connectivity index (χ2v) is 4.69. The van der Waals surface area contributed by atoms with Gasteiger partial charge < -0.3 is 10.6 Å². The molecule has 1 fully saturated rings. The van der Waals surface area contributed by atoms with Gasteiger partial charge in [-0.25, -0.2) is 0 Å². The van der Waals surface area contributed by atoms with Gasteiger partial charge in [0.25, 0.3) is 0 Å². The first-order valence-electron chi connectivity index (χ1n) is 6.05. The van der Waals surface area contributed by atoms with E-state index in [0.717, 1.165) is 25.5 Å². The van der Waals surface area contributed by atoms with E-state index in [1.54, 1.807) is 13.1 Å². The molecule has 2 rings (SSSR count). The fourth-order valence-electron chi connectivity index (χ4n) is 2.50. The molecular formula is C13H17F3N2. The third-order valence-corrected chi connectivity index (χ3v) is 3.60. The molecule has 2 nitrogen and oxygen atoms in total. The molecule has 1 atom stereocenters. The second-order valence-electron chi connectivity index (χ2n) is 4.69. The average molecular weight is 258 g/mol. The summed E-state index contributed by atoms with van der Waals surface area (Å²) in [7, 11) is 1.80. The zero-order chi connectivity index (χ0) is 13.2. The van der Waals surface area contributed by atoms with Crippen molar-refractivity contribution in [2.24, 2.45) is 0 Å². The van der Waals surface area contributed by atoms with Gasteiger partial charge in [-0.2, -0.15) is 13.2 Å². The molecule has 1 aliphatic rings. The zero-order valence-electron chi connectivity index (χ0n) is 10.3. The number of alkyl halides is 3. The topological polar surface area (TPSA) is 24.1 Å². The Bertz CT molecular complexity index is 409. The molecule has 1 aromatic rings. The lowest BCUT2D eigenvalue weighted by atomic mass is 9.82. The maximum atomic E-state index is 12.7. The Hall–Kier alpha value is -1.07. The highest BCUT2D eigenvalue weighted by Gasteiger charge is 2.35. The smallest absolute Gasteiger partial charge is 0.315 e. The number of benzene rings is 1. The average Bonchev–Trinajstić information content (AvgIpc) is 2.39. The minimum absolute atomic E-state index is 0.389. The van der Waals surface area contributed by atoms with E-state index in [1.165, 1.54) is 12.1 Å². The summed E-state index contributed by atoms with van der Waals surface area (Å²) in [4.78, 5) is 0. The lowest BCUT2D eigenvalue weighted by molar-refractivity contribution is -0.137. The summed E-state index contributed by atoms with van der Waals surface area (Å²) in [5, 5.41) is 6.42. The minimum atomic E-state index is -4.28. The molecule has 1 unspecified atom stereocenters. The Morgan fingerprint density at radius 1 is 1.33 bits per heavy atom. The molecule has 0 saturated carbocycles. The molecule has 0 bridgehead atoms. The van der Waals surface area contributed by atoms with E-state index in [1.807, 2.05) is 0 Å². The van der Waals surface area contributed by atoms with Crippen LogP contribution in [0.25, 0.3) is 0 Å². The summed E-state index contributed by atoms with van der Waals surface area (Å²) in [5.74, 6) is 0. The molecular weight excluding hydrogens is 241 g/mol. The molecule has 0 spiro atoms. The van der Waals surface area contributed by atoms with Crippen LogP contribution in [0, 0.1) is 0 Å². The standard InChI is InChI=1S/C13H17F3N2/c1-17-12(6-3-7-18-9-12)10-4-2-5-11(8-10)13(14,15)16/h2,4-5,8,17-18H,3,6-7,9H2,1H3. The summed E-state index contributed by atoms with van der Waals surface area (Å²) in [6.07, 6.45) is -2.48. The molecule has 0 radical (unpaired) electrons. The predicted molar refractivity (Wildman–Crippen MR) is 64.3 cm³/mol. The quantitative estimate of drug-likeness (QED) is 0.851. The van der Waals surface area contributed by atoms with Crippen LogP contribution in [0.2, 0.25) is 0 Å². The molecule has 0 aromatic heterocycles. The lowest BCUT2D eigenvalue weighted by Gasteiger charge is -2.38. The van der Waals surface area contributed by atoms with Gasteiger partial charge in [0.1, 0.15) is 0 Å². The number of rotatable bonds is 2. The molecule has 18 heavy (non-hydrogen) atoms. The van der Waals surface area contributed by atoms with Crippen LogP contribution >= 0.6 is 0 Å². The monoisotopic (exact) mass is 258 g/mol. The highest BCUT2D eigenvalue weighted by molar-refractivity contribution is 5.32. The Labute approximate surface area is 105 Å². The van der Waals surface area contributed by atoms with E-state index < -0.39 is 11.7 Å². The van der Waals surface area contributed by atoms with Crippen molar-refractivity contribution >= 4 is 0 Å². The number of halogens is 3. The highest BCUT2D eigenvalue weighted by Crippen LogP contribution is 2.34. The van der Waals surface area contributed by atoms with Crippen molar-refractivity contribution in [3.8, 4) is 0 Å². The van der Waals surface area contributed by atoms with Gasteiger partial charge in [0.15, 0.2) is 0 Å². The Kier molecular flexibility index (Phi) is 3.64. The number of nitrogens with one attached hydrogen (secondary N) is 2. The summed E-state index contributed by atoms with van der Waals surface area (Å²) in [6, 6.07) is 5.61. The van der Waals surface area contributed by atoms with Crippen molar-refractivity contribution in [3.63, 3.8) is 0 Å². The maximum absolute atomic E-state index is 12.7. The van der Waals surface area contributed by atoms with E-state index in [0.29, 0.717) is 12.1 Å². The SMILES string of the molecule is CNC1(c2cccc(C(F)(F)F)c2)CCCNC1. The van der Waals surface area contributed by atoms with Gasteiger partial charge in [-0.3, -0.25) is 0 Å². The van der Waals surface area contributed by atoms with Gasteiger partial charge in [0, 0.05) is 6.54 Å². The normalized spacial score (nSPS) is 25.1. The van der Waals surface area contributed by atoms with Crippen LogP contribution in [0.3, 0.4) is 0 Å². The van der Waals surface area contributed by atoms with E-state index in [-0.39, 0.29) is 5.54 Å². The fraction of sp³-hybridized carbons (Fsp3) is 0.538. The van der Waals surface area contributed by atoms with Gasteiger partial charge in [-0.05, 0) is 44.1 Å². The zero-order valence-corrected chi connectivity index (χ0v) is 10.3. The summed E-state index contributed by atoms with van der Waals surface area (Å²) in [5.41, 5.74) is -0.272. The third kappa shape index (κ3) is 2.52. The largest absolute Gasteiger partial charge is 0.416 e. The first-order chi connectivity index (χ1) is 8.48. The van der Waals surface area contributed by atoms with Gasteiger partial charge in [-0.1, -0.05) is 12.1 Å². The maximum Gasteiger partial charge on any atom is 0.416 e. The number of hydrogen-bond acceptors (Lipinski definition) is 2. The van der Waals surface area contributed by atoms with Crippen molar-refractivity contribution in [1.29, 1.82) is 0 Å². The van der Waals surface area contributed by atoms with Crippen LogP contribution in [0.15, 0.2) is 24.3 Å². The van der Waals surface area contributed by atoms with Crippen molar-refractivity contribution in [2.45, 2.75) is 24.6 Å². The molecule has 1 aliphatic heterocycles. The molecule has 1 aromatic carbocycles. The molecule has 0 aliphatic carbocycles. The van der Waals surface area contributed by atoms with Crippen LogP contribution in [0.1, 0.15) is 24.0 Å². The van der Waals surface area contributed by atoms with Crippen molar-refractivity contribution < 1.29 is 13.2 Å². The molecule has 100 valence electrons. The van der Waals surface area contributed by atoms with Gasteiger partial charge in [0.05, 0.1) is 11.1 Å². The predicted octanol–water partition coefficient (Wildman–Crippen LogP) is 2.50. The molecule has 2 N–H and O–H groups in total. The second kappa shape index (κ2) is 4.90. The summed E-state index contributed by atoms with van der Waals surface area (Å²) >= 11 is 0. The summed E-state index contributed by atoms with van der Waals surface area (Å²) < 4.78 is 38.2. The molecule has 5 heteroatoms. The number of likely N-dealkylation sites (N-methyl/N-ethyl adjacent to an activating group) is 1. The van der Waals surface area contributed by atoms with E-state index in [2.05, 4.69) is 10.6 Å². The summed E-state index contributed by atoms with van der Waals surface area (Å²) in [6.45, 7) is 1.58. The first-order valence-corrected chi connectivity index (χ1v) is 6.05. The third-order valence-electron chi connectivity index (χ3n) is 3.60. The molecule has 0 amide bonds. The molecule has 1 heterocycles. The Morgan fingerprint density at radius 2 is 2.11 bits per heavy atom. The van der Waals surface area contributed by atoms with Crippen LogP contribution in [-0.2, 0) is 11.7 Å². The van der Waals surface area contributed by atoms with Crippen molar-refractivity contribution in [2.75, 3.05) is 20.1 Å². The van der Waals surface area contributed by atoms with Crippen molar-refractivity contribution in [1.82, 2.24) is 10.6 Å². The van der Waals surface area contributed by atoms with E-state index >= 15 is 0 Å². The Morgan fingerprint density at radius 3 is 2.67 bits per heavy atom. The van der Waals surface area contributed by atoms with Crippen LogP contribution < -0.4 is 10.6 Å². The van der Waals surface area contributed by atoms with E-state index in [9.17, 15) is 13.2 Å². The van der Waals surface area contributed by atoms with Crippen LogP contribution in [0.4, 0.5) is 13.2 Å². The fourth-order valence-corrected chi connectivity index (χ4v) is 2.50. The first kappa shape index (κ1) is 13.4. The van der Waals surface area contributed by atoms with Crippen LogP contribution in [0.5, 0.6) is 0 Å². The van der Waals surface area contributed by atoms with Gasteiger partial charge >= 0.3 is 6.18 Å². The molecule has 1 saturated heterocycles. The highest BCUT2D eigenvalue weighted by atomic mass is 19.4. The Balaban J connectivity index is 2.37.